The van der Waals surface area contributed by atoms with Crippen LogP contribution in [0.25, 0.3) is 0 Å². The highest BCUT2D eigenvalue weighted by Crippen LogP contribution is 1.91. The van der Waals surface area contributed by atoms with Gasteiger partial charge >= 0.3 is 0 Å². The Morgan fingerprint density at radius 2 is 2.58 bits per heavy atom. The van der Waals surface area contributed by atoms with Crippen molar-refractivity contribution in [2.24, 2.45) is 0 Å². The molecule has 1 heterocycles. The lowest BCUT2D eigenvalue weighted by molar-refractivity contribution is -0.120. The third-order valence-electron chi connectivity index (χ3n) is 1.35. The van der Waals surface area contributed by atoms with Crippen LogP contribution in [0.2, 0.25) is 0 Å². The molecule has 0 aromatic carbocycles. The van der Waals surface area contributed by atoms with Crippen molar-refractivity contribution in [1.82, 2.24) is 15.3 Å². The molecule has 0 fully saturated rings. The van der Waals surface area contributed by atoms with Crippen LogP contribution >= 0.6 is 15.9 Å². The molecule has 1 aromatic heterocycles. The van der Waals surface area contributed by atoms with E-state index in [0.29, 0.717) is 18.3 Å². The zero-order chi connectivity index (χ0) is 8.81. The van der Waals surface area contributed by atoms with Crippen LogP contribution < -0.4 is 5.32 Å². The van der Waals surface area contributed by atoms with E-state index in [-0.39, 0.29) is 5.91 Å². The molecule has 2 N–H and O–H groups in total. The van der Waals surface area contributed by atoms with Crippen LogP contribution in [0.4, 0.5) is 0 Å². The van der Waals surface area contributed by atoms with E-state index >= 15 is 0 Å². The van der Waals surface area contributed by atoms with Gasteiger partial charge in [-0.3, -0.25) is 4.79 Å². The number of halogens is 1. The van der Waals surface area contributed by atoms with Crippen LogP contribution in [0.1, 0.15) is 12.1 Å². The molecule has 1 amide bonds. The normalized spacial score (nSPS) is 9.75. The molecule has 0 aliphatic carbocycles. The van der Waals surface area contributed by atoms with Gasteiger partial charge in [0.25, 0.3) is 0 Å². The van der Waals surface area contributed by atoms with Gasteiger partial charge in [-0.25, -0.2) is 4.98 Å². The molecule has 0 radical (unpaired) electrons. The first-order chi connectivity index (χ1) is 5.83. The van der Waals surface area contributed by atoms with Crippen LogP contribution in [-0.2, 0) is 11.3 Å². The average molecular weight is 232 g/mol. The number of aromatic nitrogens is 2. The molecule has 0 bridgehead atoms. The summed E-state index contributed by atoms with van der Waals surface area (Å²) in [5.41, 5.74) is 0.915. The molecule has 0 saturated carbocycles. The Kier molecular flexibility index (Phi) is 3.79. The predicted octanol–water partition coefficient (Wildman–Crippen LogP) is 0.811. The maximum atomic E-state index is 11.0. The Morgan fingerprint density at radius 3 is 3.17 bits per heavy atom. The molecule has 5 heteroatoms. The number of aromatic amines is 1. The molecule has 0 unspecified atom stereocenters. The first-order valence-corrected chi connectivity index (χ1v) is 4.75. The second-order valence-corrected chi connectivity index (χ2v) is 3.09. The lowest BCUT2D eigenvalue weighted by Crippen LogP contribution is -2.22. The van der Waals surface area contributed by atoms with Crippen molar-refractivity contribution in [3.05, 3.63) is 18.2 Å². The summed E-state index contributed by atoms with van der Waals surface area (Å²) in [4.78, 5) is 17.7. The van der Waals surface area contributed by atoms with Gasteiger partial charge in [0, 0.05) is 17.9 Å². The minimum atomic E-state index is 0.0430. The van der Waals surface area contributed by atoms with Gasteiger partial charge in [0.15, 0.2) is 0 Å². The third kappa shape index (κ3) is 3.04. The Bertz CT molecular complexity index is 235. The van der Waals surface area contributed by atoms with Gasteiger partial charge in [-0.2, -0.15) is 0 Å². The van der Waals surface area contributed by atoms with E-state index in [9.17, 15) is 4.79 Å². The molecule has 0 aliphatic heterocycles. The van der Waals surface area contributed by atoms with Gasteiger partial charge in [-0.1, -0.05) is 15.9 Å². The van der Waals surface area contributed by atoms with Crippen molar-refractivity contribution in [3.8, 4) is 0 Å². The third-order valence-corrected chi connectivity index (χ3v) is 1.75. The smallest absolute Gasteiger partial charge is 0.221 e. The number of hydrogen-bond donors (Lipinski definition) is 2. The van der Waals surface area contributed by atoms with Gasteiger partial charge in [-0.05, 0) is 0 Å². The van der Waals surface area contributed by atoms with Crippen molar-refractivity contribution in [1.29, 1.82) is 0 Å². The van der Waals surface area contributed by atoms with Gasteiger partial charge in [0.05, 0.1) is 18.6 Å². The maximum absolute atomic E-state index is 11.0. The number of nitrogens with one attached hydrogen (secondary N) is 2. The van der Waals surface area contributed by atoms with Gasteiger partial charge < -0.3 is 10.3 Å². The maximum Gasteiger partial charge on any atom is 0.221 e. The fraction of sp³-hybridized carbons (Fsp3) is 0.429. The van der Waals surface area contributed by atoms with Gasteiger partial charge in [0.1, 0.15) is 0 Å². The number of alkyl halides is 1. The Labute approximate surface area is 78.9 Å². The van der Waals surface area contributed by atoms with E-state index in [4.69, 9.17) is 0 Å². The zero-order valence-electron chi connectivity index (χ0n) is 6.51. The summed E-state index contributed by atoms with van der Waals surface area (Å²) in [5, 5.41) is 3.44. The second-order valence-electron chi connectivity index (χ2n) is 2.29. The number of H-pyrrole nitrogens is 1. The van der Waals surface area contributed by atoms with Gasteiger partial charge in [0.2, 0.25) is 5.91 Å². The summed E-state index contributed by atoms with van der Waals surface area (Å²) in [6.45, 7) is 0.520. The van der Waals surface area contributed by atoms with Crippen molar-refractivity contribution < 1.29 is 4.79 Å². The first-order valence-electron chi connectivity index (χ1n) is 3.63. The van der Waals surface area contributed by atoms with Crippen molar-refractivity contribution >= 4 is 21.8 Å². The largest absolute Gasteiger partial charge is 0.350 e. The molecule has 4 nitrogen and oxygen atoms in total. The highest BCUT2D eigenvalue weighted by Gasteiger charge is 1.99. The summed E-state index contributed by atoms with van der Waals surface area (Å²) in [5.74, 6) is 0.0430. The summed E-state index contributed by atoms with van der Waals surface area (Å²) >= 11 is 3.19. The number of nitrogens with zero attached hydrogens (tertiary/aromatic N) is 1. The predicted molar refractivity (Wildman–Crippen MR) is 48.8 cm³/mol. The monoisotopic (exact) mass is 231 g/mol. The first kappa shape index (κ1) is 9.25. The summed E-state index contributed by atoms with van der Waals surface area (Å²) in [7, 11) is 0. The number of carbonyl (C=O) groups excluding carboxylic acids is 1. The molecule has 12 heavy (non-hydrogen) atoms. The number of hydrogen-bond acceptors (Lipinski definition) is 2. The summed E-state index contributed by atoms with van der Waals surface area (Å²) in [6.07, 6.45) is 3.79. The zero-order valence-corrected chi connectivity index (χ0v) is 8.10. The van der Waals surface area contributed by atoms with E-state index in [1.807, 2.05) is 0 Å². The molecular weight excluding hydrogens is 222 g/mol. The Hall–Kier alpha value is -0.840. The fourth-order valence-electron chi connectivity index (χ4n) is 0.749. The molecule has 0 aliphatic rings. The Balaban J connectivity index is 2.22. The lowest BCUT2D eigenvalue weighted by Gasteiger charge is -2.00. The molecule has 0 atom stereocenters. The summed E-state index contributed by atoms with van der Waals surface area (Å²) < 4.78 is 0. The molecule has 1 aromatic rings. The number of rotatable bonds is 4. The quantitative estimate of drug-likeness (QED) is 0.754. The molecule has 0 spiro atoms. The molecule has 66 valence electrons. The Morgan fingerprint density at radius 1 is 1.75 bits per heavy atom. The van der Waals surface area contributed by atoms with E-state index in [1.165, 1.54) is 0 Å². The molecular formula is C7H10BrN3O. The minimum absolute atomic E-state index is 0.0430. The fourth-order valence-corrected chi connectivity index (χ4v) is 1.11. The second kappa shape index (κ2) is 4.92. The van der Waals surface area contributed by atoms with E-state index in [0.717, 1.165) is 5.69 Å². The van der Waals surface area contributed by atoms with E-state index in [1.54, 1.807) is 12.5 Å². The average Bonchev–Trinajstić information content (AvgIpc) is 2.53. The van der Waals surface area contributed by atoms with Crippen LogP contribution in [0.5, 0.6) is 0 Å². The van der Waals surface area contributed by atoms with Crippen LogP contribution in [0.3, 0.4) is 0 Å². The number of carbonyl (C=O) groups is 1. The van der Waals surface area contributed by atoms with E-state index < -0.39 is 0 Å². The van der Waals surface area contributed by atoms with Crippen LogP contribution in [-0.4, -0.2) is 21.2 Å². The van der Waals surface area contributed by atoms with Gasteiger partial charge in [-0.15, -0.1) is 0 Å². The lowest BCUT2D eigenvalue weighted by atomic mass is 10.4. The van der Waals surface area contributed by atoms with Crippen molar-refractivity contribution in [2.45, 2.75) is 13.0 Å². The van der Waals surface area contributed by atoms with Crippen LogP contribution in [0.15, 0.2) is 12.5 Å². The number of imidazole rings is 1. The molecule has 1 rings (SSSR count). The van der Waals surface area contributed by atoms with Crippen molar-refractivity contribution in [3.63, 3.8) is 0 Å². The minimum Gasteiger partial charge on any atom is -0.350 e. The highest BCUT2D eigenvalue weighted by atomic mass is 79.9. The summed E-state index contributed by atoms with van der Waals surface area (Å²) in [6, 6.07) is 0. The standard InChI is InChI=1S/C7H10BrN3O/c8-2-1-7(12)10-4-6-3-9-5-11-6/h3,5H,1-2,4H2,(H,9,11)(H,10,12). The van der Waals surface area contributed by atoms with Crippen molar-refractivity contribution in [2.75, 3.05) is 5.33 Å². The highest BCUT2D eigenvalue weighted by molar-refractivity contribution is 9.09. The van der Waals surface area contributed by atoms with Crippen LogP contribution in [0, 0.1) is 0 Å². The number of amides is 1. The molecule has 0 saturated heterocycles. The topological polar surface area (TPSA) is 57.8 Å². The van der Waals surface area contributed by atoms with E-state index in [2.05, 4.69) is 31.2 Å². The SMILES string of the molecule is O=C(CCBr)NCc1cnc[nH]1.